The van der Waals surface area contributed by atoms with Crippen LogP contribution in [0.2, 0.25) is 0 Å². The number of aryl methyl sites for hydroxylation is 1. The summed E-state index contributed by atoms with van der Waals surface area (Å²) in [6.07, 6.45) is 0. The topological polar surface area (TPSA) is 74.2 Å². The van der Waals surface area contributed by atoms with Crippen LogP contribution in [0.4, 0.5) is 5.69 Å². The smallest absolute Gasteiger partial charge is 0.223 e. The summed E-state index contributed by atoms with van der Waals surface area (Å²) < 4.78 is 10.2. The molecule has 0 spiro atoms. The summed E-state index contributed by atoms with van der Waals surface area (Å²) in [5, 5.41) is 3.83. The number of aromatic nitrogens is 2. The molecule has 0 aliphatic heterocycles. The Morgan fingerprint density at radius 2 is 2.29 bits per heavy atom. The summed E-state index contributed by atoms with van der Waals surface area (Å²) in [6.45, 7) is 1.77. The van der Waals surface area contributed by atoms with E-state index in [2.05, 4.69) is 10.1 Å². The van der Waals surface area contributed by atoms with Crippen molar-refractivity contribution < 1.29 is 9.26 Å². The van der Waals surface area contributed by atoms with Gasteiger partial charge in [-0.2, -0.15) is 4.98 Å². The van der Waals surface area contributed by atoms with E-state index in [0.717, 1.165) is 10.6 Å². The monoisotopic (exact) mass is 251 g/mol. The van der Waals surface area contributed by atoms with E-state index < -0.39 is 0 Å². The van der Waals surface area contributed by atoms with Crippen molar-refractivity contribution in [1.82, 2.24) is 10.1 Å². The Kier molecular flexibility index (Phi) is 3.53. The highest BCUT2D eigenvalue weighted by Gasteiger charge is 2.07. The molecule has 0 amide bonds. The zero-order chi connectivity index (χ0) is 12.3. The van der Waals surface area contributed by atoms with Gasteiger partial charge in [0.25, 0.3) is 0 Å². The maximum absolute atomic E-state index is 5.68. The van der Waals surface area contributed by atoms with Gasteiger partial charge in [-0.15, -0.1) is 11.8 Å². The van der Waals surface area contributed by atoms with Crippen molar-refractivity contribution in [3.8, 4) is 5.75 Å². The highest BCUT2D eigenvalue weighted by molar-refractivity contribution is 7.98. The molecule has 17 heavy (non-hydrogen) atoms. The van der Waals surface area contributed by atoms with Gasteiger partial charge < -0.3 is 15.0 Å². The quantitative estimate of drug-likeness (QED) is 0.663. The van der Waals surface area contributed by atoms with Crippen LogP contribution in [0.5, 0.6) is 5.75 Å². The van der Waals surface area contributed by atoms with E-state index in [1.807, 2.05) is 12.1 Å². The zero-order valence-corrected chi connectivity index (χ0v) is 10.5. The Balaban J connectivity index is 2.08. The second kappa shape index (κ2) is 5.09. The summed E-state index contributed by atoms with van der Waals surface area (Å²) in [5.74, 6) is 2.64. The summed E-state index contributed by atoms with van der Waals surface area (Å²) in [4.78, 5) is 5.14. The normalized spacial score (nSPS) is 10.5. The lowest BCUT2D eigenvalue weighted by Gasteiger charge is -2.07. The fourth-order valence-corrected chi connectivity index (χ4v) is 2.20. The molecule has 1 aromatic carbocycles. The van der Waals surface area contributed by atoms with E-state index in [9.17, 15) is 0 Å². The lowest BCUT2D eigenvalue weighted by Crippen LogP contribution is -1.91. The van der Waals surface area contributed by atoms with Gasteiger partial charge in [-0.1, -0.05) is 5.16 Å². The number of rotatable bonds is 4. The minimum Gasteiger partial charge on any atom is -0.496 e. The van der Waals surface area contributed by atoms with Gasteiger partial charge in [0.05, 0.1) is 12.9 Å². The second-order valence-electron chi connectivity index (χ2n) is 3.43. The second-order valence-corrected chi connectivity index (χ2v) is 4.45. The van der Waals surface area contributed by atoms with Gasteiger partial charge in [-0.25, -0.2) is 0 Å². The Morgan fingerprint density at radius 3 is 2.94 bits per heavy atom. The van der Waals surface area contributed by atoms with Crippen LogP contribution in [0, 0.1) is 6.92 Å². The van der Waals surface area contributed by atoms with Crippen LogP contribution in [0.15, 0.2) is 27.6 Å². The Hall–Kier alpha value is -1.69. The fraction of sp³-hybridized carbons (Fsp3) is 0.273. The van der Waals surface area contributed by atoms with Crippen molar-refractivity contribution in [3.63, 3.8) is 0 Å². The molecule has 1 aromatic heterocycles. The van der Waals surface area contributed by atoms with Gasteiger partial charge in [0.2, 0.25) is 5.89 Å². The SMILES string of the molecule is COc1cc(N)ccc1SCc1noc(C)n1. The molecule has 2 aromatic rings. The molecule has 0 aliphatic carbocycles. The molecule has 0 saturated carbocycles. The van der Waals surface area contributed by atoms with Gasteiger partial charge in [0, 0.05) is 23.6 Å². The van der Waals surface area contributed by atoms with Gasteiger partial charge >= 0.3 is 0 Å². The number of hydrogen-bond donors (Lipinski definition) is 1. The highest BCUT2D eigenvalue weighted by atomic mass is 32.2. The summed E-state index contributed by atoms with van der Waals surface area (Å²) in [5.41, 5.74) is 6.37. The minimum atomic E-state index is 0.574. The van der Waals surface area contributed by atoms with E-state index >= 15 is 0 Å². The van der Waals surface area contributed by atoms with Crippen LogP contribution in [-0.2, 0) is 5.75 Å². The average molecular weight is 251 g/mol. The number of nitrogen functional groups attached to an aromatic ring is 1. The standard InChI is InChI=1S/C11H13N3O2S/c1-7-13-11(14-16-7)6-17-10-4-3-8(12)5-9(10)15-2/h3-5H,6,12H2,1-2H3. The number of nitrogens with two attached hydrogens (primary N) is 1. The molecule has 0 unspecified atom stereocenters. The van der Waals surface area contributed by atoms with Gasteiger partial charge in [-0.05, 0) is 12.1 Å². The third-order valence-corrected chi connectivity index (χ3v) is 3.16. The molecule has 0 bridgehead atoms. The molecule has 1 heterocycles. The number of thioether (sulfide) groups is 1. The van der Waals surface area contributed by atoms with Crippen molar-refractivity contribution in [2.75, 3.05) is 12.8 Å². The van der Waals surface area contributed by atoms with E-state index in [0.29, 0.717) is 23.2 Å². The Labute approximate surface area is 103 Å². The largest absolute Gasteiger partial charge is 0.496 e. The van der Waals surface area contributed by atoms with Crippen molar-refractivity contribution in [2.24, 2.45) is 0 Å². The van der Waals surface area contributed by atoms with Crippen molar-refractivity contribution in [2.45, 2.75) is 17.6 Å². The minimum absolute atomic E-state index is 0.574. The molecule has 0 radical (unpaired) electrons. The highest BCUT2D eigenvalue weighted by Crippen LogP contribution is 2.32. The van der Waals surface area contributed by atoms with Crippen LogP contribution >= 0.6 is 11.8 Å². The van der Waals surface area contributed by atoms with Crippen LogP contribution in [0.1, 0.15) is 11.7 Å². The maximum Gasteiger partial charge on any atom is 0.223 e. The lowest BCUT2D eigenvalue weighted by atomic mass is 10.3. The van der Waals surface area contributed by atoms with Crippen LogP contribution in [0.25, 0.3) is 0 Å². The molecular weight excluding hydrogens is 238 g/mol. The van der Waals surface area contributed by atoms with Gasteiger partial charge in [0.1, 0.15) is 5.75 Å². The van der Waals surface area contributed by atoms with E-state index in [1.54, 1.807) is 31.9 Å². The molecule has 0 fully saturated rings. The first-order valence-corrected chi connectivity index (χ1v) is 6.03. The third kappa shape index (κ3) is 2.91. The first-order chi connectivity index (χ1) is 8.19. The van der Waals surface area contributed by atoms with E-state index in [1.165, 1.54) is 0 Å². The Bertz CT molecular complexity index is 513. The molecule has 5 nitrogen and oxygen atoms in total. The molecule has 2 rings (SSSR count). The van der Waals surface area contributed by atoms with Crippen molar-refractivity contribution in [1.29, 1.82) is 0 Å². The molecule has 0 aliphatic rings. The predicted octanol–water partition coefficient (Wildman–Crippen LogP) is 2.26. The average Bonchev–Trinajstić information content (AvgIpc) is 2.73. The zero-order valence-electron chi connectivity index (χ0n) is 9.64. The summed E-state index contributed by atoms with van der Waals surface area (Å²) >= 11 is 1.58. The van der Waals surface area contributed by atoms with Crippen molar-refractivity contribution in [3.05, 3.63) is 29.9 Å². The van der Waals surface area contributed by atoms with E-state index in [-0.39, 0.29) is 0 Å². The summed E-state index contributed by atoms with van der Waals surface area (Å²) in [7, 11) is 1.62. The predicted molar refractivity (Wildman–Crippen MR) is 66.0 cm³/mol. The number of nitrogens with zero attached hydrogens (tertiary/aromatic N) is 2. The maximum atomic E-state index is 5.68. The number of benzene rings is 1. The lowest BCUT2D eigenvalue weighted by molar-refractivity contribution is 0.389. The third-order valence-electron chi connectivity index (χ3n) is 2.11. The Morgan fingerprint density at radius 1 is 1.47 bits per heavy atom. The van der Waals surface area contributed by atoms with Gasteiger partial charge in [0.15, 0.2) is 5.82 Å². The first-order valence-electron chi connectivity index (χ1n) is 5.04. The first kappa shape index (κ1) is 11.8. The van der Waals surface area contributed by atoms with Gasteiger partial charge in [-0.3, -0.25) is 0 Å². The molecule has 2 N–H and O–H groups in total. The number of hydrogen-bond acceptors (Lipinski definition) is 6. The molecule has 0 saturated heterocycles. The van der Waals surface area contributed by atoms with Crippen molar-refractivity contribution >= 4 is 17.4 Å². The fourth-order valence-electron chi connectivity index (χ4n) is 1.35. The summed E-state index contributed by atoms with van der Waals surface area (Å²) in [6, 6.07) is 5.56. The molecule has 0 atom stereocenters. The van der Waals surface area contributed by atoms with Crippen LogP contribution < -0.4 is 10.5 Å². The number of anilines is 1. The van der Waals surface area contributed by atoms with Crippen LogP contribution in [-0.4, -0.2) is 17.3 Å². The van der Waals surface area contributed by atoms with E-state index in [4.69, 9.17) is 15.0 Å². The number of ether oxygens (including phenoxy) is 1. The number of methoxy groups -OCH3 is 1. The molecule has 6 heteroatoms. The van der Waals surface area contributed by atoms with Crippen LogP contribution in [0.3, 0.4) is 0 Å². The molecule has 90 valence electrons. The molecular formula is C11H13N3O2S.